The summed E-state index contributed by atoms with van der Waals surface area (Å²) in [5, 5.41) is 9.30. The molecule has 1 fully saturated rings. The smallest absolute Gasteiger partial charge is 0.115 e. The number of phenolic OH excluding ortho intramolecular Hbond substituents is 1. The zero-order valence-electron chi connectivity index (χ0n) is 11.2. The summed E-state index contributed by atoms with van der Waals surface area (Å²) >= 11 is 0. The number of likely N-dealkylation sites (N-methyl/N-ethyl adjacent to an activating group) is 1. The van der Waals surface area contributed by atoms with Gasteiger partial charge in [-0.25, -0.2) is 0 Å². The minimum atomic E-state index is 0.177. The Kier molecular flexibility index (Phi) is 4.25. The maximum atomic E-state index is 9.30. The summed E-state index contributed by atoms with van der Waals surface area (Å²) in [6.45, 7) is 1.64. The zero-order valence-corrected chi connectivity index (χ0v) is 11.2. The fourth-order valence-corrected chi connectivity index (χ4v) is 2.99. The van der Waals surface area contributed by atoms with Gasteiger partial charge >= 0.3 is 0 Å². The predicted octanol–water partition coefficient (Wildman–Crippen LogP) is 2.49. The molecule has 0 aromatic heterocycles. The molecule has 0 amide bonds. The van der Waals surface area contributed by atoms with Crippen molar-refractivity contribution in [2.24, 2.45) is 5.73 Å². The first-order valence-electron chi connectivity index (χ1n) is 6.85. The minimum absolute atomic E-state index is 0.177. The van der Waals surface area contributed by atoms with E-state index in [0.717, 1.165) is 13.1 Å². The van der Waals surface area contributed by atoms with E-state index in [0.29, 0.717) is 5.75 Å². The highest BCUT2D eigenvalue weighted by molar-refractivity contribution is 5.26. The van der Waals surface area contributed by atoms with Crippen molar-refractivity contribution in [1.82, 2.24) is 4.90 Å². The van der Waals surface area contributed by atoms with E-state index in [1.165, 1.54) is 37.7 Å². The Balaban J connectivity index is 2.05. The molecule has 1 aliphatic rings. The van der Waals surface area contributed by atoms with Crippen LogP contribution in [0, 0.1) is 0 Å². The van der Waals surface area contributed by atoms with Gasteiger partial charge in [0.1, 0.15) is 5.75 Å². The Morgan fingerprint density at radius 1 is 1.17 bits per heavy atom. The Morgan fingerprint density at radius 2 is 1.78 bits per heavy atom. The van der Waals surface area contributed by atoms with Crippen LogP contribution in [0.15, 0.2) is 24.3 Å². The monoisotopic (exact) mass is 248 g/mol. The first kappa shape index (κ1) is 13.4. The van der Waals surface area contributed by atoms with Crippen LogP contribution in [0.3, 0.4) is 0 Å². The molecule has 0 unspecified atom stereocenters. The van der Waals surface area contributed by atoms with Gasteiger partial charge < -0.3 is 10.8 Å². The number of rotatable bonds is 4. The topological polar surface area (TPSA) is 49.5 Å². The van der Waals surface area contributed by atoms with Crippen molar-refractivity contribution in [1.29, 1.82) is 0 Å². The number of hydrogen-bond donors (Lipinski definition) is 2. The Morgan fingerprint density at radius 3 is 2.33 bits per heavy atom. The number of aromatic hydroxyl groups is 1. The van der Waals surface area contributed by atoms with Crippen molar-refractivity contribution in [2.45, 2.75) is 44.2 Å². The lowest BCUT2D eigenvalue weighted by atomic mass is 9.80. The summed E-state index contributed by atoms with van der Waals surface area (Å²) in [5.74, 6) is 0.326. The molecule has 0 heterocycles. The molecule has 100 valence electrons. The molecule has 3 heteroatoms. The lowest BCUT2D eigenvalue weighted by Crippen LogP contribution is -2.52. The summed E-state index contributed by atoms with van der Waals surface area (Å²) in [4.78, 5) is 2.40. The van der Waals surface area contributed by atoms with Crippen LogP contribution in [-0.2, 0) is 6.54 Å². The number of hydrogen-bond acceptors (Lipinski definition) is 3. The average molecular weight is 248 g/mol. The number of benzene rings is 1. The van der Waals surface area contributed by atoms with Crippen LogP contribution in [-0.4, -0.2) is 29.1 Å². The molecule has 1 aromatic rings. The second kappa shape index (κ2) is 5.72. The van der Waals surface area contributed by atoms with E-state index in [1.807, 2.05) is 12.1 Å². The van der Waals surface area contributed by atoms with E-state index in [2.05, 4.69) is 11.9 Å². The van der Waals surface area contributed by atoms with Gasteiger partial charge in [-0.15, -0.1) is 0 Å². The summed E-state index contributed by atoms with van der Waals surface area (Å²) in [7, 11) is 2.17. The van der Waals surface area contributed by atoms with Gasteiger partial charge in [0.25, 0.3) is 0 Å². The van der Waals surface area contributed by atoms with Crippen LogP contribution < -0.4 is 5.73 Å². The zero-order chi connectivity index (χ0) is 13.0. The van der Waals surface area contributed by atoms with E-state index in [4.69, 9.17) is 5.73 Å². The molecule has 18 heavy (non-hydrogen) atoms. The van der Waals surface area contributed by atoms with Crippen molar-refractivity contribution >= 4 is 0 Å². The van der Waals surface area contributed by atoms with Crippen LogP contribution in [0.2, 0.25) is 0 Å². The Labute approximate surface area is 110 Å². The largest absolute Gasteiger partial charge is 0.508 e. The highest BCUT2D eigenvalue weighted by Crippen LogP contribution is 2.33. The van der Waals surface area contributed by atoms with Gasteiger partial charge in [0.05, 0.1) is 0 Å². The molecule has 1 aromatic carbocycles. The third kappa shape index (κ3) is 2.85. The molecule has 0 saturated heterocycles. The second-order valence-corrected chi connectivity index (χ2v) is 5.51. The van der Waals surface area contributed by atoms with E-state index in [-0.39, 0.29) is 5.54 Å². The summed E-state index contributed by atoms with van der Waals surface area (Å²) < 4.78 is 0. The molecular formula is C15H24N2O. The summed E-state index contributed by atoms with van der Waals surface area (Å²) in [6.07, 6.45) is 6.33. The fraction of sp³-hybridized carbons (Fsp3) is 0.600. The van der Waals surface area contributed by atoms with Crippen LogP contribution in [0.5, 0.6) is 5.75 Å². The summed E-state index contributed by atoms with van der Waals surface area (Å²) in [5.41, 5.74) is 7.44. The normalized spacial score (nSPS) is 19.1. The van der Waals surface area contributed by atoms with E-state index >= 15 is 0 Å². The third-order valence-corrected chi connectivity index (χ3v) is 4.33. The molecule has 1 saturated carbocycles. The molecule has 0 aliphatic heterocycles. The Hall–Kier alpha value is -1.06. The number of phenols is 1. The first-order valence-corrected chi connectivity index (χ1v) is 6.85. The molecule has 3 N–H and O–H groups in total. The van der Waals surface area contributed by atoms with Gasteiger partial charge in [-0.1, -0.05) is 31.4 Å². The van der Waals surface area contributed by atoms with Crippen LogP contribution in [0.1, 0.15) is 37.7 Å². The number of nitrogens with zero attached hydrogens (tertiary/aromatic N) is 1. The maximum absolute atomic E-state index is 9.30. The van der Waals surface area contributed by atoms with E-state index in [1.54, 1.807) is 12.1 Å². The van der Waals surface area contributed by atoms with E-state index in [9.17, 15) is 5.11 Å². The molecule has 1 aliphatic carbocycles. The van der Waals surface area contributed by atoms with Crippen LogP contribution in [0.25, 0.3) is 0 Å². The number of nitrogens with two attached hydrogens (primary N) is 1. The molecule has 3 nitrogen and oxygen atoms in total. The fourth-order valence-electron chi connectivity index (χ4n) is 2.99. The van der Waals surface area contributed by atoms with Crippen LogP contribution in [0.4, 0.5) is 0 Å². The quantitative estimate of drug-likeness (QED) is 0.860. The molecule has 2 rings (SSSR count). The van der Waals surface area contributed by atoms with Gasteiger partial charge in [-0.05, 0) is 37.6 Å². The molecule has 0 spiro atoms. The van der Waals surface area contributed by atoms with Gasteiger partial charge in [0.2, 0.25) is 0 Å². The standard InChI is InChI=1S/C15H24N2O/c1-17(11-13-5-7-14(18)8-6-13)15(12-16)9-3-2-4-10-15/h5-8,18H,2-4,9-12,16H2,1H3. The van der Waals surface area contributed by atoms with Crippen molar-refractivity contribution in [2.75, 3.05) is 13.6 Å². The van der Waals surface area contributed by atoms with E-state index < -0.39 is 0 Å². The lowest BCUT2D eigenvalue weighted by Gasteiger charge is -2.44. The van der Waals surface area contributed by atoms with Gasteiger partial charge in [0.15, 0.2) is 0 Å². The summed E-state index contributed by atoms with van der Waals surface area (Å²) in [6, 6.07) is 7.47. The van der Waals surface area contributed by atoms with Crippen molar-refractivity contribution in [3.63, 3.8) is 0 Å². The molecule has 0 atom stereocenters. The van der Waals surface area contributed by atoms with Crippen LogP contribution >= 0.6 is 0 Å². The van der Waals surface area contributed by atoms with Gasteiger partial charge in [0, 0.05) is 18.6 Å². The van der Waals surface area contributed by atoms with Crippen molar-refractivity contribution in [3.8, 4) is 5.75 Å². The van der Waals surface area contributed by atoms with Crippen molar-refractivity contribution < 1.29 is 5.11 Å². The second-order valence-electron chi connectivity index (χ2n) is 5.51. The predicted molar refractivity (Wildman–Crippen MR) is 74.4 cm³/mol. The Bertz CT molecular complexity index is 369. The SMILES string of the molecule is CN(Cc1ccc(O)cc1)C1(CN)CCCCC1. The van der Waals surface area contributed by atoms with Gasteiger partial charge in [-0.3, -0.25) is 4.90 Å². The molecule has 0 radical (unpaired) electrons. The third-order valence-electron chi connectivity index (χ3n) is 4.33. The first-order chi connectivity index (χ1) is 8.66. The highest BCUT2D eigenvalue weighted by Gasteiger charge is 2.34. The van der Waals surface area contributed by atoms with Crippen molar-refractivity contribution in [3.05, 3.63) is 29.8 Å². The minimum Gasteiger partial charge on any atom is -0.508 e. The molecule has 0 bridgehead atoms. The van der Waals surface area contributed by atoms with Gasteiger partial charge in [-0.2, -0.15) is 0 Å². The highest BCUT2D eigenvalue weighted by atomic mass is 16.3. The average Bonchev–Trinajstić information content (AvgIpc) is 2.42. The lowest BCUT2D eigenvalue weighted by molar-refractivity contribution is 0.0758. The molecular weight excluding hydrogens is 224 g/mol. The maximum Gasteiger partial charge on any atom is 0.115 e.